The van der Waals surface area contributed by atoms with Crippen molar-refractivity contribution in [1.82, 2.24) is 0 Å². The number of aryl methyl sites for hydroxylation is 1. The number of halogens is 1. The van der Waals surface area contributed by atoms with Crippen molar-refractivity contribution in [2.45, 2.75) is 13.0 Å². The average molecular weight is 211 g/mol. The molecular weight excluding hydrogens is 200 g/mol. The van der Waals surface area contributed by atoms with E-state index in [9.17, 15) is 0 Å². The fourth-order valence-electron chi connectivity index (χ4n) is 1.40. The van der Waals surface area contributed by atoms with Gasteiger partial charge >= 0.3 is 0 Å². The van der Waals surface area contributed by atoms with Gasteiger partial charge in [-0.05, 0) is 24.6 Å². The molecule has 2 N–H and O–H groups in total. The molecule has 3 nitrogen and oxygen atoms in total. The van der Waals surface area contributed by atoms with Crippen LogP contribution in [0, 0.1) is 6.92 Å². The lowest BCUT2D eigenvalue weighted by Crippen LogP contribution is -2.30. The van der Waals surface area contributed by atoms with Gasteiger partial charge in [0, 0.05) is 10.6 Å². The lowest BCUT2D eigenvalue weighted by molar-refractivity contribution is 0.167. The van der Waals surface area contributed by atoms with E-state index in [-0.39, 0.29) is 6.04 Å². The summed E-state index contributed by atoms with van der Waals surface area (Å²) >= 11 is 5.92. The summed E-state index contributed by atoms with van der Waals surface area (Å²) in [5.41, 5.74) is 8.61. The van der Waals surface area contributed by atoms with Crippen LogP contribution in [0.15, 0.2) is 23.4 Å². The molecule has 1 heterocycles. The Balaban J connectivity index is 2.37. The quantitative estimate of drug-likeness (QED) is 0.767. The van der Waals surface area contributed by atoms with Crippen molar-refractivity contribution in [3.63, 3.8) is 0 Å². The van der Waals surface area contributed by atoms with Crippen LogP contribution in [0.2, 0.25) is 5.02 Å². The monoisotopic (exact) mass is 210 g/mol. The molecule has 0 aromatic heterocycles. The van der Waals surface area contributed by atoms with Crippen molar-refractivity contribution >= 4 is 17.3 Å². The number of hydrogen-bond donors (Lipinski definition) is 1. The molecule has 1 aliphatic heterocycles. The van der Waals surface area contributed by atoms with Gasteiger partial charge in [0.15, 0.2) is 0 Å². The Morgan fingerprint density at radius 3 is 2.93 bits per heavy atom. The lowest BCUT2D eigenvalue weighted by atomic mass is 10.0. The second kappa shape index (κ2) is 3.59. The van der Waals surface area contributed by atoms with Gasteiger partial charge in [-0.15, -0.1) is 0 Å². The molecule has 1 aromatic rings. The second-order valence-corrected chi connectivity index (χ2v) is 3.75. The maximum atomic E-state index is 5.92. The summed E-state index contributed by atoms with van der Waals surface area (Å²) in [4.78, 5) is 4.92. The van der Waals surface area contributed by atoms with Gasteiger partial charge in [-0.2, -0.15) is 0 Å². The molecule has 0 spiro atoms. The van der Waals surface area contributed by atoms with E-state index < -0.39 is 0 Å². The molecule has 4 heteroatoms. The fraction of sp³-hybridized carbons (Fsp3) is 0.300. The molecule has 2 rings (SSSR count). The Morgan fingerprint density at radius 1 is 1.57 bits per heavy atom. The first-order valence-corrected chi connectivity index (χ1v) is 4.78. The van der Waals surface area contributed by atoms with E-state index in [4.69, 9.17) is 22.2 Å². The molecule has 0 saturated heterocycles. The highest BCUT2D eigenvalue weighted by atomic mass is 35.5. The van der Waals surface area contributed by atoms with Crippen molar-refractivity contribution in [1.29, 1.82) is 0 Å². The Morgan fingerprint density at radius 2 is 2.36 bits per heavy atom. The van der Waals surface area contributed by atoms with E-state index in [2.05, 4.69) is 5.16 Å². The number of nitrogens with zero attached hydrogens (tertiary/aromatic N) is 1. The van der Waals surface area contributed by atoms with Crippen molar-refractivity contribution < 1.29 is 4.84 Å². The molecule has 74 valence electrons. The van der Waals surface area contributed by atoms with Gasteiger partial charge in [-0.25, -0.2) is 0 Å². The number of benzene rings is 1. The Labute approximate surface area is 87.5 Å². The fourth-order valence-corrected chi connectivity index (χ4v) is 1.52. The van der Waals surface area contributed by atoms with Crippen LogP contribution < -0.4 is 5.73 Å². The molecule has 0 aliphatic carbocycles. The zero-order valence-corrected chi connectivity index (χ0v) is 8.58. The maximum Gasteiger partial charge on any atom is 0.138 e. The molecule has 0 fully saturated rings. The molecule has 1 aliphatic rings. The van der Waals surface area contributed by atoms with Gasteiger partial charge < -0.3 is 10.6 Å². The highest BCUT2D eigenvalue weighted by Gasteiger charge is 2.20. The normalized spacial score (nSPS) is 20.5. The van der Waals surface area contributed by atoms with Crippen molar-refractivity contribution in [2.75, 3.05) is 6.61 Å². The largest absolute Gasteiger partial charge is 0.393 e. The number of rotatable bonds is 1. The summed E-state index contributed by atoms with van der Waals surface area (Å²) in [7, 11) is 0. The third-order valence-electron chi connectivity index (χ3n) is 2.22. The minimum Gasteiger partial charge on any atom is -0.393 e. The predicted octanol–water partition coefficient (Wildman–Crippen LogP) is 1.71. The van der Waals surface area contributed by atoms with Crippen LogP contribution in [-0.4, -0.2) is 18.4 Å². The highest BCUT2D eigenvalue weighted by molar-refractivity contribution is 6.31. The van der Waals surface area contributed by atoms with Crippen molar-refractivity contribution in [2.24, 2.45) is 10.9 Å². The van der Waals surface area contributed by atoms with Crippen LogP contribution in [0.3, 0.4) is 0 Å². The minimum absolute atomic E-state index is 0.129. The van der Waals surface area contributed by atoms with Crippen LogP contribution in [-0.2, 0) is 4.84 Å². The molecule has 0 saturated carbocycles. The predicted molar refractivity (Wildman–Crippen MR) is 56.7 cm³/mol. The molecule has 0 amide bonds. The summed E-state index contributed by atoms with van der Waals surface area (Å²) in [5, 5.41) is 4.66. The third-order valence-corrected chi connectivity index (χ3v) is 2.65. The third kappa shape index (κ3) is 1.61. The van der Waals surface area contributed by atoms with Crippen LogP contribution in [0.4, 0.5) is 0 Å². The summed E-state index contributed by atoms with van der Waals surface area (Å²) < 4.78 is 0. The van der Waals surface area contributed by atoms with Gasteiger partial charge in [0.1, 0.15) is 12.3 Å². The molecule has 1 atom stereocenters. The maximum absolute atomic E-state index is 5.92. The molecule has 1 aromatic carbocycles. The van der Waals surface area contributed by atoms with Gasteiger partial charge in [-0.1, -0.05) is 22.8 Å². The number of nitrogens with two attached hydrogens (primary N) is 1. The standard InChI is InChI=1S/C10H11ClN2O/c1-6-4-7(2-3-8(6)11)10-9(12)5-14-13-10/h2-4,9H,5,12H2,1H3. The van der Waals surface area contributed by atoms with E-state index in [1.54, 1.807) is 0 Å². The smallest absolute Gasteiger partial charge is 0.138 e. The first kappa shape index (κ1) is 9.49. The van der Waals surface area contributed by atoms with E-state index in [0.29, 0.717) is 6.61 Å². The Bertz CT molecular complexity index is 390. The van der Waals surface area contributed by atoms with E-state index in [0.717, 1.165) is 21.9 Å². The first-order chi connectivity index (χ1) is 6.68. The topological polar surface area (TPSA) is 47.6 Å². The summed E-state index contributed by atoms with van der Waals surface area (Å²) in [6, 6.07) is 5.59. The first-order valence-electron chi connectivity index (χ1n) is 4.40. The van der Waals surface area contributed by atoms with Crippen molar-refractivity contribution in [3.05, 3.63) is 34.3 Å². The van der Waals surface area contributed by atoms with E-state index in [1.165, 1.54) is 0 Å². The summed E-state index contributed by atoms with van der Waals surface area (Å²) in [6.45, 7) is 2.41. The zero-order chi connectivity index (χ0) is 10.1. The van der Waals surface area contributed by atoms with Crippen LogP contribution in [0.1, 0.15) is 11.1 Å². The van der Waals surface area contributed by atoms with Crippen molar-refractivity contribution in [3.8, 4) is 0 Å². The van der Waals surface area contributed by atoms with Gasteiger partial charge in [0.2, 0.25) is 0 Å². The molecular formula is C10H11ClN2O. The van der Waals surface area contributed by atoms with Crippen LogP contribution >= 0.6 is 11.6 Å². The van der Waals surface area contributed by atoms with Gasteiger partial charge in [-0.3, -0.25) is 0 Å². The van der Waals surface area contributed by atoms with Crippen LogP contribution in [0.25, 0.3) is 0 Å². The second-order valence-electron chi connectivity index (χ2n) is 3.34. The Hall–Kier alpha value is -1.06. The minimum atomic E-state index is -0.129. The Kier molecular flexibility index (Phi) is 2.44. The number of hydrogen-bond acceptors (Lipinski definition) is 3. The molecule has 0 radical (unpaired) electrons. The highest BCUT2D eigenvalue weighted by Crippen LogP contribution is 2.18. The molecule has 14 heavy (non-hydrogen) atoms. The van der Waals surface area contributed by atoms with Crippen LogP contribution in [0.5, 0.6) is 0 Å². The summed E-state index contributed by atoms with van der Waals surface area (Å²) in [6.07, 6.45) is 0. The van der Waals surface area contributed by atoms with Gasteiger partial charge in [0.05, 0.1) is 6.04 Å². The lowest BCUT2D eigenvalue weighted by Gasteiger charge is -2.05. The molecule has 1 unspecified atom stereocenters. The SMILES string of the molecule is Cc1cc(C2=NOCC2N)ccc1Cl. The van der Waals surface area contributed by atoms with Gasteiger partial charge in [0.25, 0.3) is 0 Å². The average Bonchev–Trinajstić information content (AvgIpc) is 2.57. The molecule has 0 bridgehead atoms. The zero-order valence-electron chi connectivity index (χ0n) is 7.83. The van der Waals surface area contributed by atoms with E-state index >= 15 is 0 Å². The number of oxime groups is 1. The van der Waals surface area contributed by atoms with E-state index in [1.807, 2.05) is 25.1 Å². The summed E-state index contributed by atoms with van der Waals surface area (Å²) in [5.74, 6) is 0.